The Labute approximate surface area is 134 Å². The molecule has 0 radical (unpaired) electrons. The first-order valence-corrected chi connectivity index (χ1v) is 8.23. The molecule has 5 heteroatoms. The standard InChI is InChI=1S/C17H25N3O2.2H2/c1-17-8-9-18-14(17)16(22)20(2)11-13(17)15(21)19-10-12-6-4-3-5-7-12;;/h8-9,11-12,14,18H,3-7,10H2,1-2H3,(H,19,21);2*1H. The minimum Gasteiger partial charge on any atom is -0.379 e. The summed E-state index contributed by atoms with van der Waals surface area (Å²) >= 11 is 0. The van der Waals surface area contributed by atoms with Crippen molar-refractivity contribution in [1.82, 2.24) is 15.5 Å². The molecule has 2 heterocycles. The van der Waals surface area contributed by atoms with Crippen LogP contribution in [-0.4, -0.2) is 36.3 Å². The van der Waals surface area contributed by atoms with E-state index in [1.807, 2.05) is 13.0 Å². The van der Waals surface area contributed by atoms with Crippen molar-refractivity contribution in [2.24, 2.45) is 11.3 Å². The molecule has 1 fully saturated rings. The van der Waals surface area contributed by atoms with Gasteiger partial charge in [-0.2, -0.15) is 0 Å². The molecule has 0 bridgehead atoms. The molecule has 0 aromatic carbocycles. The van der Waals surface area contributed by atoms with Gasteiger partial charge in [-0.1, -0.05) is 25.3 Å². The van der Waals surface area contributed by atoms with E-state index in [4.69, 9.17) is 0 Å². The fourth-order valence-electron chi connectivity index (χ4n) is 3.79. The number of nitrogens with zero attached hydrogens (tertiary/aromatic N) is 1. The third-order valence-electron chi connectivity index (χ3n) is 5.31. The molecule has 2 N–H and O–H groups in total. The second-order valence-electron chi connectivity index (χ2n) is 6.92. The minimum absolute atomic E-state index is 0. The average molecular weight is 307 g/mol. The molecule has 1 saturated carbocycles. The fourth-order valence-corrected chi connectivity index (χ4v) is 3.79. The molecule has 22 heavy (non-hydrogen) atoms. The molecule has 5 nitrogen and oxygen atoms in total. The van der Waals surface area contributed by atoms with Gasteiger partial charge >= 0.3 is 0 Å². The van der Waals surface area contributed by atoms with Gasteiger partial charge in [-0.15, -0.1) is 0 Å². The van der Waals surface area contributed by atoms with Gasteiger partial charge in [0.1, 0.15) is 6.04 Å². The zero-order valence-electron chi connectivity index (χ0n) is 13.4. The molecule has 2 unspecified atom stereocenters. The lowest BCUT2D eigenvalue weighted by Crippen LogP contribution is -2.54. The first-order valence-electron chi connectivity index (χ1n) is 8.23. The molecule has 2 aliphatic heterocycles. The van der Waals surface area contributed by atoms with Crippen LogP contribution in [0.3, 0.4) is 0 Å². The highest BCUT2D eigenvalue weighted by molar-refractivity contribution is 6.00. The molecular weight excluding hydrogens is 278 g/mol. The summed E-state index contributed by atoms with van der Waals surface area (Å²) in [5.74, 6) is 0.546. The van der Waals surface area contributed by atoms with Gasteiger partial charge in [-0.3, -0.25) is 9.59 Å². The summed E-state index contributed by atoms with van der Waals surface area (Å²) in [7, 11) is 1.70. The van der Waals surface area contributed by atoms with E-state index in [1.165, 1.54) is 37.0 Å². The van der Waals surface area contributed by atoms with E-state index >= 15 is 0 Å². The maximum Gasteiger partial charge on any atom is 0.249 e. The maximum atomic E-state index is 12.7. The van der Waals surface area contributed by atoms with Crippen LogP contribution >= 0.6 is 0 Å². The predicted octanol–water partition coefficient (Wildman–Crippen LogP) is 2.02. The molecule has 2 amide bonds. The molecular formula is C17H29N3O2. The second kappa shape index (κ2) is 5.78. The van der Waals surface area contributed by atoms with Gasteiger partial charge in [0.25, 0.3) is 0 Å². The van der Waals surface area contributed by atoms with Gasteiger partial charge in [0, 0.05) is 33.6 Å². The van der Waals surface area contributed by atoms with Gasteiger partial charge < -0.3 is 15.5 Å². The van der Waals surface area contributed by atoms with E-state index in [0.717, 1.165) is 6.54 Å². The van der Waals surface area contributed by atoms with E-state index in [9.17, 15) is 9.59 Å². The number of fused-ring (bicyclic) bond motifs is 1. The van der Waals surface area contributed by atoms with Crippen LogP contribution in [-0.2, 0) is 9.59 Å². The van der Waals surface area contributed by atoms with E-state index in [1.54, 1.807) is 19.4 Å². The van der Waals surface area contributed by atoms with Crippen molar-refractivity contribution in [2.75, 3.05) is 13.6 Å². The third kappa shape index (κ3) is 2.53. The van der Waals surface area contributed by atoms with Crippen LogP contribution in [0.2, 0.25) is 0 Å². The van der Waals surface area contributed by atoms with Crippen molar-refractivity contribution >= 4 is 11.8 Å². The Balaban J connectivity index is 0.00000144. The summed E-state index contributed by atoms with van der Waals surface area (Å²) in [5, 5.41) is 6.17. The van der Waals surface area contributed by atoms with Crippen molar-refractivity contribution in [2.45, 2.75) is 45.1 Å². The molecule has 3 rings (SSSR count). The van der Waals surface area contributed by atoms with Crippen molar-refractivity contribution in [3.05, 3.63) is 24.0 Å². The van der Waals surface area contributed by atoms with Crippen molar-refractivity contribution in [3.63, 3.8) is 0 Å². The van der Waals surface area contributed by atoms with E-state index in [2.05, 4.69) is 10.6 Å². The molecule has 3 aliphatic rings. The van der Waals surface area contributed by atoms with Gasteiger partial charge in [0.15, 0.2) is 0 Å². The Morgan fingerprint density at radius 2 is 2.18 bits per heavy atom. The Hall–Kier alpha value is -1.78. The number of hydrogen-bond acceptors (Lipinski definition) is 3. The Morgan fingerprint density at radius 3 is 2.91 bits per heavy atom. The lowest BCUT2D eigenvalue weighted by Gasteiger charge is -2.38. The van der Waals surface area contributed by atoms with E-state index < -0.39 is 5.41 Å². The van der Waals surface area contributed by atoms with Crippen LogP contribution in [0.5, 0.6) is 0 Å². The molecule has 2 atom stereocenters. The third-order valence-corrected chi connectivity index (χ3v) is 5.31. The predicted molar refractivity (Wildman–Crippen MR) is 88.8 cm³/mol. The number of hydrogen-bond donors (Lipinski definition) is 2. The number of amides is 2. The summed E-state index contributed by atoms with van der Waals surface area (Å²) in [6.45, 7) is 2.69. The quantitative estimate of drug-likeness (QED) is 0.838. The highest BCUT2D eigenvalue weighted by Gasteiger charge is 2.49. The molecule has 124 valence electrons. The van der Waals surface area contributed by atoms with Gasteiger partial charge in [-0.05, 0) is 31.9 Å². The minimum atomic E-state index is -0.555. The number of nitrogens with one attached hydrogen (secondary N) is 2. The van der Waals surface area contributed by atoms with Gasteiger partial charge in [-0.25, -0.2) is 0 Å². The summed E-state index contributed by atoms with van der Waals surface area (Å²) in [5.41, 5.74) is 0.108. The topological polar surface area (TPSA) is 61.4 Å². The van der Waals surface area contributed by atoms with Crippen LogP contribution in [0.25, 0.3) is 0 Å². The largest absolute Gasteiger partial charge is 0.379 e. The van der Waals surface area contributed by atoms with E-state index in [0.29, 0.717) is 11.5 Å². The summed E-state index contributed by atoms with van der Waals surface area (Å²) in [4.78, 5) is 26.4. The van der Waals surface area contributed by atoms with Gasteiger partial charge in [0.05, 0.1) is 0 Å². The van der Waals surface area contributed by atoms with Crippen LogP contribution in [0.15, 0.2) is 24.0 Å². The molecule has 1 aliphatic carbocycles. The summed E-state index contributed by atoms with van der Waals surface area (Å²) < 4.78 is 0. The molecule has 0 spiro atoms. The Morgan fingerprint density at radius 1 is 1.45 bits per heavy atom. The molecule has 0 aromatic rings. The maximum absolute atomic E-state index is 12.7. The summed E-state index contributed by atoms with van der Waals surface area (Å²) in [6.07, 6.45) is 11.7. The first-order chi connectivity index (χ1) is 10.5. The van der Waals surface area contributed by atoms with Crippen molar-refractivity contribution in [3.8, 4) is 0 Å². The second-order valence-corrected chi connectivity index (χ2v) is 6.92. The SMILES string of the molecule is CN1C=C(C(=O)NCC2CCCCC2)C2(C)C=CNC2C1=O.[HH].[HH]. The number of rotatable bonds is 3. The number of likely N-dealkylation sites (N-methyl/N-ethyl adjacent to an activating group) is 1. The molecule has 0 saturated heterocycles. The average Bonchev–Trinajstić information content (AvgIpc) is 2.93. The first kappa shape index (κ1) is 15.1. The van der Waals surface area contributed by atoms with Crippen molar-refractivity contribution < 1.29 is 12.4 Å². The highest BCUT2D eigenvalue weighted by atomic mass is 16.2. The Kier molecular flexibility index (Phi) is 3.98. The zero-order valence-corrected chi connectivity index (χ0v) is 13.4. The van der Waals surface area contributed by atoms with E-state index in [-0.39, 0.29) is 20.7 Å². The van der Waals surface area contributed by atoms with Crippen LogP contribution < -0.4 is 10.6 Å². The van der Waals surface area contributed by atoms with Crippen LogP contribution in [0, 0.1) is 11.3 Å². The van der Waals surface area contributed by atoms with Crippen LogP contribution in [0.4, 0.5) is 0 Å². The molecule has 0 aromatic heterocycles. The van der Waals surface area contributed by atoms with Crippen LogP contribution in [0.1, 0.15) is 41.9 Å². The fraction of sp³-hybridized carbons (Fsp3) is 0.647. The smallest absolute Gasteiger partial charge is 0.249 e. The zero-order chi connectivity index (χ0) is 15.7. The Bertz CT molecular complexity index is 544. The lowest BCUT2D eigenvalue weighted by molar-refractivity contribution is -0.132. The number of carbonyl (C=O) groups is 2. The lowest BCUT2D eigenvalue weighted by atomic mass is 9.74. The normalized spacial score (nSPS) is 31.5. The number of carbonyl (C=O) groups excluding carboxylic acids is 2. The highest BCUT2D eigenvalue weighted by Crippen LogP contribution is 2.40. The van der Waals surface area contributed by atoms with Gasteiger partial charge in [0.2, 0.25) is 11.8 Å². The summed E-state index contributed by atoms with van der Waals surface area (Å²) in [6, 6.07) is -0.377. The van der Waals surface area contributed by atoms with Crippen molar-refractivity contribution in [1.29, 1.82) is 0 Å². The monoisotopic (exact) mass is 307 g/mol.